The number of carbonyl (C=O) groups excluding carboxylic acids is 2. The summed E-state index contributed by atoms with van der Waals surface area (Å²) in [5, 5.41) is 11.1. The van der Waals surface area contributed by atoms with Crippen LogP contribution in [0.5, 0.6) is 0 Å². The Morgan fingerprint density at radius 2 is 2.11 bits per heavy atom. The van der Waals surface area contributed by atoms with Crippen molar-refractivity contribution in [2.24, 2.45) is 11.5 Å². The molecule has 1 aromatic rings. The van der Waals surface area contributed by atoms with Gasteiger partial charge >= 0.3 is 5.97 Å². The smallest absolute Gasteiger partial charge is 0.326 e. The van der Waals surface area contributed by atoms with Crippen molar-refractivity contribution < 1.29 is 19.5 Å². The van der Waals surface area contributed by atoms with Gasteiger partial charge in [0.05, 0.1) is 12.1 Å². The number of pyridine rings is 1. The van der Waals surface area contributed by atoms with E-state index in [0.29, 0.717) is 5.69 Å². The summed E-state index contributed by atoms with van der Waals surface area (Å²) in [6, 6.07) is 1.50. The van der Waals surface area contributed by atoms with Crippen molar-refractivity contribution in [2.75, 3.05) is 0 Å². The third kappa shape index (κ3) is 4.36. The van der Waals surface area contributed by atoms with Crippen molar-refractivity contribution in [3.05, 3.63) is 29.6 Å². The van der Waals surface area contributed by atoms with Crippen LogP contribution in [0, 0.1) is 0 Å². The molecular formula is C11H14N4O4. The number of hydrogen-bond donors (Lipinski definition) is 4. The Balaban J connectivity index is 2.81. The van der Waals surface area contributed by atoms with Gasteiger partial charge < -0.3 is 21.9 Å². The summed E-state index contributed by atoms with van der Waals surface area (Å²) in [4.78, 5) is 37.3. The molecule has 0 fully saturated rings. The zero-order chi connectivity index (χ0) is 14.4. The SMILES string of the molecule is NCc1cc(C(=O)N[C@H](CC(N)=O)C(=O)O)ccn1. The molecule has 0 aliphatic heterocycles. The second kappa shape index (κ2) is 6.45. The zero-order valence-electron chi connectivity index (χ0n) is 10.00. The highest BCUT2D eigenvalue weighted by Gasteiger charge is 2.22. The molecule has 8 nitrogen and oxygen atoms in total. The van der Waals surface area contributed by atoms with E-state index >= 15 is 0 Å². The van der Waals surface area contributed by atoms with Gasteiger partial charge in [0.15, 0.2) is 0 Å². The minimum absolute atomic E-state index is 0.158. The molecule has 102 valence electrons. The van der Waals surface area contributed by atoms with Gasteiger partial charge in [-0.2, -0.15) is 0 Å². The summed E-state index contributed by atoms with van der Waals surface area (Å²) < 4.78 is 0. The molecule has 0 aliphatic rings. The fraction of sp³-hybridized carbons (Fsp3) is 0.273. The van der Waals surface area contributed by atoms with E-state index in [9.17, 15) is 14.4 Å². The third-order valence-electron chi connectivity index (χ3n) is 2.30. The van der Waals surface area contributed by atoms with E-state index in [1.165, 1.54) is 18.3 Å². The number of primary amides is 1. The molecule has 0 aliphatic carbocycles. The number of carbonyl (C=O) groups is 3. The molecule has 1 aromatic heterocycles. The van der Waals surface area contributed by atoms with Crippen LogP contribution in [-0.2, 0) is 16.1 Å². The second-order valence-electron chi connectivity index (χ2n) is 3.77. The van der Waals surface area contributed by atoms with Gasteiger partial charge in [-0.05, 0) is 12.1 Å². The number of nitrogens with zero attached hydrogens (tertiary/aromatic N) is 1. The van der Waals surface area contributed by atoms with E-state index in [1.54, 1.807) is 0 Å². The number of carboxylic acids is 1. The molecule has 2 amide bonds. The molecule has 0 bridgehead atoms. The quantitative estimate of drug-likeness (QED) is 0.497. The Labute approximate surface area is 108 Å². The first-order valence-electron chi connectivity index (χ1n) is 5.41. The maximum absolute atomic E-state index is 11.8. The van der Waals surface area contributed by atoms with Crippen molar-refractivity contribution >= 4 is 17.8 Å². The fourth-order valence-electron chi connectivity index (χ4n) is 1.37. The highest BCUT2D eigenvalue weighted by atomic mass is 16.4. The number of rotatable bonds is 6. The summed E-state index contributed by atoms with van der Waals surface area (Å²) in [5.41, 5.74) is 11.0. The molecule has 0 unspecified atom stereocenters. The maximum Gasteiger partial charge on any atom is 0.326 e. The van der Waals surface area contributed by atoms with E-state index < -0.39 is 30.2 Å². The number of hydrogen-bond acceptors (Lipinski definition) is 5. The minimum atomic E-state index is -1.36. The van der Waals surface area contributed by atoms with E-state index in [1.807, 2.05) is 0 Å². The highest BCUT2D eigenvalue weighted by molar-refractivity contribution is 5.97. The number of carboxylic acid groups (broad SMARTS) is 1. The minimum Gasteiger partial charge on any atom is -0.480 e. The molecule has 19 heavy (non-hydrogen) atoms. The Morgan fingerprint density at radius 1 is 1.42 bits per heavy atom. The zero-order valence-corrected chi connectivity index (χ0v) is 10.00. The van der Waals surface area contributed by atoms with Crippen molar-refractivity contribution in [2.45, 2.75) is 19.0 Å². The largest absolute Gasteiger partial charge is 0.480 e. The van der Waals surface area contributed by atoms with Gasteiger partial charge in [0.25, 0.3) is 5.91 Å². The summed E-state index contributed by atoms with van der Waals surface area (Å²) in [5.74, 6) is -2.78. The van der Waals surface area contributed by atoms with Crippen LogP contribution in [-0.4, -0.2) is 33.9 Å². The van der Waals surface area contributed by atoms with Gasteiger partial charge in [0.2, 0.25) is 5.91 Å². The van der Waals surface area contributed by atoms with E-state index in [2.05, 4.69) is 10.3 Å². The maximum atomic E-state index is 11.8. The second-order valence-corrected chi connectivity index (χ2v) is 3.77. The first kappa shape index (κ1) is 14.6. The lowest BCUT2D eigenvalue weighted by atomic mass is 10.1. The van der Waals surface area contributed by atoms with Crippen LogP contribution in [0.25, 0.3) is 0 Å². The average Bonchev–Trinajstić information content (AvgIpc) is 2.37. The van der Waals surface area contributed by atoms with Gasteiger partial charge in [-0.15, -0.1) is 0 Å². The predicted molar refractivity (Wildman–Crippen MR) is 64.8 cm³/mol. The standard InChI is InChI=1S/C11H14N4O4/c12-5-7-3-6(1-2-14-7)10(17)15-8(11(18)19)4-9(13)16/h1-3,8H,4-5,12H2,(H2,13,16)(H,15,17)(H,18,19)/t8-/m1/s1. The van der Waals surface area contributed by atoms with Gasteiger partial charge in [-0.1, -0.05) is 0 Å². The predicted octanol–water partition coefficient (Wildman–Crippen LogP) is -1.40. The lowest BCUT2D eigenvalue weighted by molar-refractivity contribution is -0.140. The first-order chi connectivity index (χ1) is 8.93. The Morgan fingerprint density at radius 3 is 2.63 bits per heavy atom. The number of amides is 2. The topological polar surface area (TPSA) is 148 Å². The number of aromatic nitrogens is 1. The molecule has 0 spiro atoms. The first-order valence-corrected chi connectivity index (χ1v) is 5.41. The fourth-order valence-corrected chi connectivity index (χ4v) is 1.37. The van der Waals surface area contributed by atoms with Crippen molar-refractivity contribution in [1.82, 2.24) is 10.3 Å². The highest BCUT2D eigenvalue weighted by Crippen LogP contribution is 2.03. The molecule has 1 rings (SSSR count). The number of nitrogens with one attached hydrogen (secondary N) is 1. The average molecular weight is 266 g/mol. The molecule has 0 aromatic carbocycles. The molecular weight excluding hydrogens is 252 g/mol. The molecule has 1 atom stereocenters. The van der Waals surface area contributed by atoms with Gasteiger partial charge in [0.1, 0.15) is 6.04 Å². The normalized spacial score (nSPS) is 11.6. The van der Waals surface area contributed by atoms with Crippen LogP contribution in [0.4, 0.5) is 0 Å². The Kier molecular flexibility index (Phi) is 4.95. The van der Waals surface area contributed by atoms with E-state index in [0.717, 1.165) is 0 Å². The van der Waals surface area contributed by atoms with Crippen molar-refractivity contribution in [3.8, 4) is 0 Å². The molecule has 1 heterocycles. The molecule has 0 saturated heterocycles. The van der Waals surface area contributed by atoms with Crippen molar-refractivity contribution in [3.63, 3.8) is 0 Å². The van der Waals surface area contributed by atoms with E-state index in [-0.39, 0.29) is 12.1 Å². The van der Waals surface area contributed by atoms with Crippen LogP contribution in [0.2, 0.25) is 0 Å². The number of nitrogens with two attached hydrogens (primary N) is 2. The van der Waals surface area contributed by atoms with Crippen LogP contribution >= 0.6 is 0 Å². The third-order valence-corrected chi connectivity index (χ3v) is 2.30. The van der Waals surface area contributed by atoms with Crippen LogP contribution in [0.3, 0.4) is 0 Å². The van der Waals surface area contributed by atoms with Gasteiger partial charge in [0, 0.05) is 18.3 Å². The summed E-state index contributed by atoms with van der Waals surface area (Å²) in [6.45, 7) is 0.158. The molecule has 0 saturated carbocycles. The Hall–Kier alpha value is -2.48. The van der Waals surface area contributed by atoms with Crippen LogP contribution in [0.15, 0.2) is 18.3 Å². The Bertz CT molecular complexity index is 503. The lowest BCUT2D eigenvalue weighted by Crippen LogP contribution is -2.43. The lowest BCUT2D eigenvalue weighted by Gasteiger charge is -2.12. The molecule has 8 heteroatoms. The van der Waals surface area contributed by atoms with Crippen LogP contribution < -0.4 is 16.8 Å². The van der Waals surface area contributed by atoms with Gasteiger partial charge in [-0.3, -0.25) is 14.6 Å². The van der Waals surface area contributed by atoms with Crippen LogP contribution in [0.1, 0.15) is 22.5 Å². The van der Waals surface area contributed by atoms with E-state index in [4.69, 9.17) is 16.6 Å². The monoisotopic (exact) mass is 266 g/mol. The van der Waals surface area contributed by atoms with Crippen molar-refractivity contribution in [1.29, 1.82) is 0 Å². The summed E-state index contributed by atoms with van der Waals surface area (Å²) in [6.07, 6.45) is 0.914. The van der Waals surface area contributed by atoms with Gasteiger partial charge in [-0.25, -0.2) is 4.79 Å². The number of aliphatic carboxylic acids is 1. The molecule has 0 radical (unpaired) electrons. The summed E-state index contributed by atoms with van der Waals surface area (Å²) in [7, 11) is 0. The summed E-state index contributed by atoms with van der Waals surface area (Å²) >= 11 is 0. The molecule has 6 N–H and O–H groups in total.